The Morgan fingerprint density at radius 2 is 1.13 bits per heavy atom. The molecule has 0 radical (unpaired) electrons. The summed E-state index contributed by atoms with van der Waals surface area (Å²) in [5.41, 5.74) is 16.7. The minimum Gasteiger partial charge on any atom is -0.480 e. The van der Waals surface area contributed by atoms with Gasteiger partial charge in [-0.05, 0) is 74.9 Å². The van der Waals surface area contributed by atoms with Crippen molar-refractivity contribution in [2.45, 2.75) is 139 Å². The molecule has 0 aliphatic carbocycles. The molecule has 27 nitrogen and oxygen atoms in total. The Kier molecular flexibility index (Phi) is 26.6. The van der Waals surface area contributed by atoms with Crippen LogP contribution in [-0.4, -0.2) is 195 Å². The van der Waals surface area contributed by atoms with Crippen LogP contribution >= 0.6 is 11.8 Å². The van der Waals surface area contributed by atoms with Gasteiger partial charge in [-0.3, -0.25) is 52.7 Å². The molecule has 0 saturated carbocycles. The predicted molar refractivity (Wildman–Crippen MR) is 273 cm³/mol. The van der Waals surface area contributed by atoms with E-state index in [0.29, 0.717) is 30.6 Å². The zero-order chi connectivity index (χ0) is 56.6. The molecule has 2 saturated heterocycles. The third kappa shape index (κ3) is 20.3. The summed E-state index contributed by atoms with van der Waals surface area (Å²) < 4.78 is 0. The number of likely N-dealkylation sites (tertiary alicyclic amines) is 2. The minimum atomic E-state index is -1.76. The Bertz CT molecular complexity index is 2230. The highest BCUT2D eigenvalue weighted by Crippen LogP contribution is 2.25. The van der Waals surface area contributed by atoms with E-state index in [9.17, 15) is 72.9 Å². The second-order valence-electron chi connectivity index (χ2n) is 18.9. The van der Waals surface area contributed by atoms with Crippen molar-refractivity contribution in [3.63, 3.8) is 0 Å². The van der Waals surface area contributed by atoms with Crippen molar-refractivity contribution in [3.8, 4) is 0 Å². The number of carbonyl (C=O) groups is 12. The topological polar surface area (TPSA) is 434 Å². The number of nitrogens with zero attached hydrogens (tertiary/aromatic N) is 2. The number of amides is 11. The lowest BCUT2D eigenvalue weighted by atomic mass is 10.0. The second-order valence-corrected chi connectivity index (χ2v) is 19.9. The standard InChI is InChI=1S/C48H74N12O15S/c1-26(2)21-31(56-46(72)35-11-7-19-60(35)47(73)36-12-8-18-59(36)39(65)23-52-40(66)28(49)13-15-37(50)63)43(69)54-30(17-20-76-3)42(68)57-33(24-61)45(71)55-32(22-27-9-5-4-6-10-27)44(70)53-29(14-16-38(51)64)41(67)58-34(25-62)48(74)75/h4-6,9-10,26,28-36,61-62H,7-8,11-25,49H2,1-3H3,(H2,50,63)(H2,51,64)(H,52,66)(H,53,70)(H,54,69)(H,55,71)(H,56,72)(H,57,68)(H,58,67)(H,74,75)/t28-,29-,30-,31-,32-,33-,34-,35-,36-/m0/s1. The Balaban J connectivity index is 1.76. The van der Waals surface area contributed by atoms with Crippen LogP contribution in [0.15, 0.2) is 30.3 Å². The van der Waals surface area contributed by atoms with E-state index in [2.05, 4.69) is 37.2 Å². The first kappa shape index (κ1) is 63.4. The molecule has 1 aromatic carbocycles. The Morgan fingerprint density at radius 1 is 0.632 bits per heavy atom. The number of benzene rings is 1. The number of aliphatic hydroxyl groups is 2. The third-order valence-electron chi connectivity index (χ3n) is 12.6. The molecule has 0 spiro atoms. The normalized spacial score (nSPS) is 17.9. The molecular formula is C48H74N12O15S. The van der Waals surface area contributed by atoms with Crippen LogP contribution in [0.25, 0.3) is 0 Å². The maximum atomic E-state index is 14.1. The van der Waals surface area contributed by atoms with Crippen molar-refractivity contribution in [3.05, 3.63) is 35.9 Å². The van der Waals surface area contributed by atoms with E-state index in [-0.39, 0.29) is 57.5 Å². The number of rotatable bonds is 32. The zero-order valence-electron chi connectivity index (χ0n) is 43.0. The predicted octanol–water partition coefficient (Wildman–Crippen LogP) is -5.04. The van der Waals surface area contributed by atoms with Crippen molar-refractivity contribution in [1.29, 1.82) is 0 Å². The van der Waals surface area contributed by atoms with Crippen LogP contribution in [0.5, 0.6) is 0 Å². The maximum Gasteiger partial charge on any atom is 0.328 e. The van der Waals surface area contributed by atoms with Gasteiger partial charge in [0.05, 0.1) is 25.8 Å². The first-order valence-corrected chi connectivity index (χ1v) is 26.4. The number of carboxylic acids is 1. The Morgan fingerprint density at radius 3 is 1.70 bits per heavy atom. The van der Waals surface area contributed by atoms with E-state index in [0.717, 1.165) is 0 Å². The molecular weight excluding hydrogens is 1020 g/mol. The third-order valence-corrected chi connectivity index (χ3v) is 13.2. The summed E-state index contributed by atoms with van der Waals surface area (Å²) in [7, 11) is 0. The van der Waals surface area contributed by atoms with Gasteiger partial charge < -0.3 is 79.5 Å². The van der Waals surface area contributed by atoms with Crippen LogP contribution in [-0.2, 0) is 64.0 Å². The first-order chi connectivity index (χ1) is 36.0. The molecule has 1 aromatic rings. The lowest BCUT2D eigenvalue weighted by Gasteiger charge is -2.32. The first-order valence-electron chi connectivity index (χ1n) is 25.0. The summed E-state index contributed by atoms with van der Waals surface area (Å²) in [6, 6.07) is -3.91. The van der Waals surface area contributed by atoms with Gasteiger partial charge in [-0.2, -0.15) is 11.8 Å². The molecule has 3 rings (SSSR count). The van der Waals surface area contributed by atoms with E-state index >= 15 is 0 Å². The number of aliphatic carboxylic acids is 1. The number of hydrogen-bond acceptors (Lipinski definition) is 16. The largest absolute Gasteiger partial charge is 0.480 e. The van der Waals surface area contributed by atoms with Gasteiger partial charge in [0.2, 0.25) is 65.0 Å². The van der Waals surface area contributed by atoms with Gasteiger partial charge in [-0.1, -0.05) is 44.2 Å². The Hall–Kier alpha value is -6.91. The van der Waals surface area contributed by atoms with Gasteiger partial charge in [0, 0.05) is 32.4 Å². The number of carboxylic acid groups (broad SMARTS) is 1. The summed E-state index contributed by atoms with van der Waals surface area (Å²) in [6.45, 7) is 1.55. The molecule has 16 N–H and O–H groups in total. The van der Waals surface area contributed by atoms with Crippen LogP contribution in [0, 0.1) is 5.92 Å². The quantitative estimate of drug-likeness (QED) is 0.0321. The number of nitrogens with two attached hydrogens (primary N) is 3. The van der Waals surface area contributed by atoms with Crippen molar-refractivity contribution in [1.82, 2.24) is 47.0 Å². The highest BCUT2D eigenvalue weighted by molar-refractivity contribution is 7.98. The fraction of sp³-hybridized carbons (Fsp3) is 0.625. The van der Waals surface area contributed by atoms with E-state index in [1.54, 1.807) is 50.4 Å². The van der Waals surface area contributed by atoms with Gasteiger partial charge in [0.1, 0.15) is 48.3 Å². The monoisotopic (exact) mass is 1090 g/mol. The molecule has 2 heterocycles. The van der Waals surface area contributed by atoms with Crippen molar-refractivity contribution in [2.75, 3.05) is 44.9 Å². The fourth-order valence-electron chi connectivity index (χ4n) is 8.47. The number of hydrogen-bond donors (Lipinski definition) is 13. The summed E-state index contributed by atoms with van der Waals surface area (Å²) in [5.74, 6) is -10.1. The summed E-state index contributed by atoms with van der Waals surface area (Å²) in [6.07, 6.45) is 2.13. The average molecular weight is 1090 g/mol. The van der Waals surface area contributed by atoms with E-state index in [1.807, 2.05) is 0 Å². The van der Waals surface area contributed by atoms with Gasteiger partial charge in [0.15, 0.2) is 0 Å². The maximum absolute atomic E-state index is 14.1. The lowest BCUT2D eigenvalue weighted by Crippen LogP contribution is -2.61. The zero-order valence-corrected chi connectivity index (χ0v) is 43.8. The van der Waals surface area contributed by atoms with E-state index in [1.165, 1.54) is 21.6 Å². The number of primary amides is 2. The molecule has 9 atom stereocenters. The fourth-order valence-corrected chi connectivity index (χ4v) is 8.94. The van der Waals surface area contributed by atoms with Crippen LogP contribution in [0.1, 0.15) is 83.6 Å². The van der Waals surface area contributed by atoms with Crippen LogP contribution < -0.4 is 54.4 Å². The van der Waals surface area contributed by atoms with Gasteiger partial charge >= 0.3 is 5.97 Å². The molecule has 0 unspecified atom stereocenters. The number of carbonyl (C=O) groups excluding carboxylic acids is 11. The molecule has 0 bridgehead atoms. The number of nitrogens with one attached hydrogen (secondary N) is 7. The highest BCUT2D eigenvalue weighted by Gasteiger charge is 2.43. The minimum absolute atomic E-state index is 0.0148. The van der Waals surface area contributed by atoms with E-state index < -0.39 is 158 Å². The lowest BCUT2D eigenvalue weighted by molar-refractivity contribution is -0.147. The second kappa shape index (κ2) is 31.9. The van der Waals surface area contributed by atoms with Crippen molar-refractivity contribution in [2.24, 2.45) is 23.1 Å². The molecule has 422 valence electrons. The smallest absolute Gasteiger partial charge is 0.328 e. The molecule has 2 aliphatic rings. The SMILES string of the molecule is CSCC[C@H](NC(=O)[C@H](CC(C)C)NC(=O)[C@@H]1CCCN1C(=O)[C@@H]1CCCN1C(=O)CNC(=O)[C@@H](N)CCC(N)=O)C(=O)N[C@@H](CO)C(=O)N[C@@H](Cc1ccccc1)C(=O)N[C@@H](CCC(N)=O)C(=O)N[C@@H](CO)C(=O)O. The van der Waals surface area contributed by atoms with Gasteiger partial charge in [-0.25, -0.2) is 4.79 Å². The molecule has 2 aliphatic heterocycles. The summed E-state index contributed by atoms with van der Waals surface area (Å²) in [4.78, 5) is 160. The summed E-state index contributed by atoms with van der Waals surface area (Å²) >= 11 is 1.34. The van der Waals surface area contributed by atoms with Gasteiger partial charge in [-0.15, -0.1) is 0 Å². The van der Waals surface area contributed by atoms with Crippen LogP contribution in [0.2, 0.25) is 0 Å². The van der Waals surface area contributed by atoms with Crippen LogP contribution in [0.4, 0.5) is 0 Å². The summed E-state index contributed by atoms with van der Waals surface area (Å²) in [5, 5.41) is 46.4. The average Bonchev–Trinajstić information content (AvgIpc) is 4.09. The molecule has 76 heavy (non-hydrogen) atoms. The Labute approximate surface area is 444 Å². The van der Waals surface area contributed by atoms with Crippen molar-refractivity contribution >= 4 is 82.7 Å². The van der Waals surface area contributed by atoms with Gasteiger partial charge in [0.25, 0.3) is 0 Å². The molecule has 11 amide bonds. The van der Waals surface area contributed by atoms with Crippen molar-refractivity contribution < 1.29 is 72.9 Å². The number of thioether (sulfide) groups is 1. The number of aliphatic hydroxyl groups excluding tert-OH is 2. The van der Waals surface area contributed by atoms with E-state index in [4.69, 9.17) is 17.2 Å². The molecule has 0 aromatic heterocycles. The molecule has 28 heteroatoms. The highest BCUT2D eigenvalue weighted by atomic mass is 32.2. The molecule has 2 fully saturated rings. The van der Waals surface area contributed by atoms with Crippen LogP contribution in [0.3, 0.4) is 0 Å².